The molecule has 68 valence electrons. The summed E-state index contributed by atoms with van der Waals surface area (Å²) >= 11 is 0. The van der Waals surface area contributed by atoms with Gasteiger partial charge in [0.05, 0.1) is 11.6 Å². The molecule has 0 aliphatic heterocycles. The Kier molecular flexibility index (Phi) is 2.82. The lowest BCUT2D eigenvalue weighted by Gasteiger charge is -2.10. The maximum Gasteiger partial charge on any atom is 0.332 e. The summed E-state index contributed by atoms with van der Waals surface area (Å²) in [5.41, 5.74) is 6.42. The standard InChI is InChI=1S/C10H11NO2/c1-7(10(12)13)9(11)8-5-3-2-4-6-8/h2-6,9H,1,11H2,(H,12,13). The van der Waals surface area contributed by atoms with Crippen LogP contribution < -0.4 is 5.73 Å². The van der Waals surface area contributed by atoms with Gasteiger partial charge in [-0.2, -0.15) is 0 Å². The zero-order valence-electron chi connectivity index (χ0n) is 7.10. The molecule has 0 bridgehead atoms. The largest absolute Gasteiger partial charge is 0.478 e. The molecule has 3 heteroatoms. The van der Waals surface area contributed by atoms with Gasteiger partial charge in [-0.15, -0.1) is 0 Å². The Labute approximate surface area is 76.5 Å². The molecule has 1 atom stereocenters. The molecular weight excluding hydrogens is 166 g/mol. The average molecular weight is 177 g/mol. The Morgan fingerprint density at radius 1 is 1.38 bits per heavy atom. The quantitative estimate of drug-likeness (QED) is 0.684. The molecule has 3 nitrogen and oxygen atoms in total. The third-order valence-electron chi connectivity index (χ3n) is 1.81. The topological polar surface area (TPSA) is 63.3 Å². The van der Waals surface area contributed by atoms with Gasteiger partial charge >= 0.3 is 5.97 Å². The molecule has 1 unspecified atom stereocenters. The number of hydrogen-bond acceptors (Lipinski definition) is 2. The molecule has 0 saturated heterocycles. The number of hydrogen-bond donors (Lipinski definition) is 2. The monoisotopic (exact) mass is 177 g/mol. The molecular formula is C10H11NO2. The van der Waals surface area contributed by atoms with Crippen LogP contribution in [-0.2, 0) is 4.79 Å². The maximum absolute atomic E-state index is 10.5. The number of nitrogens with two attached hydrogens (primary N) is 1. The number of rotatable bonds is 3. The number of benzene rings is 1. The molecule has 0 saturated carbocycles. The van der Waals surface area contributed by atoms with E-state index in [0.29, 0.717) is 0 Å². The average Bonchev–Trinajstić information content (AvgIpc) is 2.17. The van der Waals surface area contributed by atoms with E-state index in [2.05, 4.69) is 6.58 Å². The summed E-state index contributed by atoms with van der Waals surface area (Å²) in [4.78, 5) is 10.5. The van der Waals surface area contributed by atoms with Gasteiger partial charge in [-0.3, -0.25) is 0 Å². The number of carboxylic acids is 1. The minimum absolute atomic E-state index is 0.00574. The van der Waals surface area contributed by atoms with Crippen molar-refractivity contribution in [3.63, 3.8) is 0 Å². The minimum Gasteiger partial charge on any atom is -0.478 e. The van der Waals surface area contributed by atoms with E-state index in [9.17, 15) is 4.79 Å². The van der Waals surface area contributed by atoms with E-state index in [1.807, 2.05) is 18.2 Å². The Morgan fingerprint density at radius 2 is 1.92 bits per heavy atom. The first-order valence-electron chi connectivity index (χ1n) is 3.85. The van der Waals surface area contributed by atoms with Crippen molar-refractivity contribution in [2.24, 2.45) is 5.73 Å². The van der Waals surface area contributed by atoms with Crippen LogP contribution in [0.25, 0.3) is 0 Å². The predicted molar refractivity (Wildman–Crippen MR) is 50.1 cm³/mol. The third-order valence-corrected chi connectivity index (χ3v) is 1.81. The number of carbonyl (C=O) groups is 1. The molecule has 1 aromatic rings. The van der Waals surface area contributed by atoms with Crippen molar-refractivity contribution >= 4 is 5.97 Å². The van der Waals surface area contributed by atoms with Gasteiger partial charge in [0.15, 0.2) is 0 Å². The normalized spacial score (nSPS) is 12.1. The molecule has 0 radical (unpaired) electrons. The summed E-state index contributed by atoms with van der Waals surface area (Å²) in [5.74, 6) is -1.06. The zero-order valence-corrected chi connectivity index (χ0v) is 7.10. The highest BCUT2D eigenvalue weighted by atomic mass is 16.4. The van der Waals surface area contributed by atoms with Crippen molar-refractivity contribution in [1.82, 2.24) is 0 Å². The molecule has 3 N–H and O–H groups in total. The van der Waals surface area contributed by atoms with Crippen molar-refractivity contribution < 1.29 is 9.90 Å². The van der Waals surface area contributed by atoms with E-state index in [-0.39, 0.29) is 5.57 Å². The summed E-state index contributed by atoms with van der Waals surface area (Å²) in [5, 5.41) is 8.63. The first-order chi connectivity index (χ1) is 6.13. The van der Waals surface area contributed by atoms with Gasteiger partial charge in [-0.1, -0.05) is 36.9 Å². The van der Waals surface area contributed by atoms with Crippen LogP contribution in [-0.4, -0.2) is 11.1 Å². The van der Waals surface area contributed by atoms with Gasteiger partial charge in [-0.25, -0.2) is 4.79 Å². The van der Waals surface area contributed by atoms with Crippen molar-refractivity contribution in [1.29, 1.82) is 0 Å². The second-order valence-corrected chi connectivity index (χ2v) is 2.72. The highest BCUT2D eigenvalue weighted by Gasteiger charge is 2.14. The Bertz CT molecular complexity index is 319. The molecule has 0 heterocycles. The molecule has 1 aromatic carbocycles. The molecule has 0 aliphatic carbocycles. The Balaban J connectivity index is 2.86. The van der Waals surface area contributed by atoms with Crippen LogP contribution in [0.5, 0.6) is 0 Å². The molecule has 0 aliphatic rings. The Hall–Kier alpha value is -1.61. The van der Waals surface area contributed by atoms with Crippen LogP contribution in [0.4, 0.5) is 0 Å². The van der Waals surface area contributed by atoms with Gasteiger partial charge in [0.1, 0.15) is 0 Å². The van der Waals surface area contributed by atoms with Crippen molar-refractivity contribution in [3.8, 4) is 0 Å². The molecule has 0 spiro atoms. The third kappa shape index (κ3) is 2.16. The summed E-state index contributed by atoms with van der Waals surface area (Å²) in [7, 11) is 0. The lowest BCUT2D eigenvalue weighted by atomic mass is 10.0. The van der Waals surface area contributed by atoms with Crippen LogP contribution in [0.3, 0.4) is 0 Å². The minimum atomic E-state index is -1.06. The summed E-state index contributed by atoms with van der Waals surface area (Å²) in [6, 6.07) is 8.39. The Morgan fingerprint density at radius 3 is 2.38 bits per heavy atom. The fourth-order valence-corrected chi connectivity index (χ4v) is 0.995. The van der Waals surface area contributed by atoms with E-state index >= 15 is 0 Å². The lowest BCUT2D eigenvalue weighted by molar-refractivity contribution is -0.132. The highest BCUT2D eigenvalue weighted by molar-refractivity contribution is 5.87. The predicted octanol–water partition coefficient (Wildman–Crippen LogP) is 1.33. The van der Waals surface area contributed by atoms with Gasteiger partial charge < -0.3 is 10.8 Å². The molecule has 1 rings (SSSR count). The maximum atomic E-state index is 10.5. The van der Waals surface area contributed by atoms with Gasteiger partial charge in [-0.05, 0) is 5.56 Å². The fourth-order valence-electron chi connectivity index (χ4n) is 0.995. The smallest absolute Gasteiger partial charge is 0.332 e. The SMILES string of the molecule is C=C(C(=O)O)C(N)c1ccccc1. The summed E-state index contributed by atoms with van der Waals surface area (Å²) in [6.45, 7) is 3.41. The number of carboxylic acid groups (broad SMARTS) is 1. The van der Waals surface area contributed by atoms with Crippen LogP contribution in [0, 0.1) is 0 Å². The van der Waals surface area contributed by atoms with E-state index in [1.165, 1.54) is 0 Å². The number of aliphatic carboxylic acids is 1. The van der Waals surface area contributed by atoms with Crippen molar-refractivity contribution in [2.75, 3.05) is 0 Å². The van der Waals surface area contributed by atoms with Gasteiger partial charge in [0.25, 0.3) is 0 Å². The highest BCUT2D eigenvalue weighted by Crippen LogP contribution is 2.16. The van der Waals surface area contributed by atoms with E-state index in [4.69, 9.17) is 10.8 Å². The summed E-state index contributed by atoms with van der Waals surface area (Å²) < 4.78 is 0. The second-order valence-electron chi connectivity index (χ2n) is 2.72. The van der Waals surface area contributed by atoms with E-state index < -0.39 is 12.0 Å². The van der Waals surface area contributed by atoms with Crippen LogP contribution >= 0.6 is 0 Å². The molecule has 0 fully saturated rings. The first kappa shape index (κ1) is 9.48. The first-order valence-corrected chi connectivity index (χ1v) is 3.85. The van der Waals surface area contributed by atoms with Crippen molar-refractivity contribution in [2.45, 2.75) is 6.04 Å². The van der Waals surface area contributed by atoms with Gasteiger partial charge in [0.2, 0.25) is 0 Å². The lowest BCUT2D eigenvalue weighted by Crippen LogP contribution is -2.17. The molecule has 0 aromatic heterocycles. The van der Waals surface area contributed by atoms with Crippen LogP contribution in [0.1, 0.15) is 11.6 Å². The molecule has 13 heavy (non-hydrogen) atoms. The van der Waals surface area contributed by atoms with Gasteiger partial charge in [0, 0.05) is 0 Å². The van der Waals surface area contributed by atoms with E-state index in [1.54, 1.807) is 12.1 Å². The van der Waals surface area contributed by atoms with Crippen LogP contribution in [0.2, 0.25) is 0 Å². The second kappa shape index (κ2) is 3.87. The van der Waals surface area contributed by atoms with Crippen molar-refractivity contribution in [3.05, 3.63) is 48.0 Å². The zero-order chi connectivity index (χ0) is 9.84. The fraction of sp³-hybridized carbons (Fsp3) is 0.100. The van der Waals surface area contributed by atoms with E-state index in [0.717, 1.165) is 5.56 Å². The summed E-state index contributed by atoms with van der Waals surface area (Å²) in [6.07, 6.45) is 0. The molecule has 0 amide bonds. The van der Waals surface area contributed by atoms with Crippen LogP contribution in [0.15, 0.2) is 42.5 Å².